The molecule has 1 heterocycles. The average molecular weight is 189 g/mol. The number of hydrogen-bond acceptors (Lipinski definition) is 2. The molecule has 0 unspecified atom stereocenters. The zero-order valence-electron chi connectivity index (χ0n) is 7.84. The van der Waals surface area contributed by atoms with Crippen molar-refractivity contribution in [2.24, 2.45) is 5.73 Å². The molecule has 2 N–H and O–H groups in total. The summed E-state index contributed by atoms with van der Waals surface area (Å²) >= 11 is 4.22. The van der Waals surface area contributed by atoms with E-state index < -0.39 is 0 Å². The molecule has 72 valence electrons. The highest BCUT2D eigenvalue weighted by molar-refractivity contribution is 7.80. The summed E-state index contributed by atoms with van der Waals surface area (Å²) in [7, 11) is 0. The van der Waals surface area contributed by atoms with E-state index in [9.17, 15) is 0 Å². The fourth-order valence-electron chi connectivity index (χ4n) is 2.06. The van der Waals surface area contributed by atoms with Crippen molar-refractivity contribution >= 4 is 12.6 Å². The Kier molecular flexibility index (Phi) is 4.40. The molecule has 0 saturated carbocycles. The minimum atomic E-state index is 0.840. The lowest BCUT2D eigenvalue weighted by molar-refractivity contribution is -0.916. The SMILES string of the molecule is NC[N+]1(CCCCS)CCCC1. The number of hydrogen-bond donors (Lipinski definition) is 2. The summed E-state index contributed by atoms with van der Waals surface area (Å²) in [5.74, 6) is 1.02. The van der Waals surface area contributed by atoms with Gasteiger partial charge < -0.3 is 4.48 Å². The number of nitrogens with two attached hydrogens (primary N) is 1. The van der Waals surface area contributed by atoms with Crippen LogP contribution in [0.1, 0.15) is 25.7 Å². The number of nitrogens with zero attached hydrogens (tertiary/aromatic N) is 1. The van der Waals surface area contributed by atoms with Gasteiger partial charge in [-0.05, 0) is 18.6 Å². The van der Waals surface area contributed by atoms with Gasteiger partial charge in [0.05, 0.1) is 19.6 Å². The van der Waals surface area contributed by atoms with Gasteiger partial charge in [0.2, 0.25) is 0 Å². The molecule has 0 aromatic carbocycles. The van der Waals surface area contributed by atoms with Gasteiger partial charge in [-0.15, -0.1) is 0 Å². The zero-order chi connectivity index (χ0) is 8.86. The molecule has 0 aromatic heterocycles. The molecule has 0 aliphatic carbocycles. The summed E-state index contributed by atoms with van der Waals surface area (Å²) in [5.41, 5.74) is 5.80. The third-order valence-corrected chi connectivity index (χ3v) is 3.26. The van der Waals surface area contributed by atoms with Gasteiger partial charge in [-0.2, -0.15) is 12.6 Å². The lowest BCUT2D eigenvalue weighted by Crippen LogP contribution is -2.49. The molecule has 0 bridgehead atoms. The highest BCUT2D eigenvalue weighted by Crippen LogP contribution is 2.18. The second kappa shape index (κ2) is 5.10. The first-order chi connectivity index (χ1) is 5.83. The Morgan fingerprint density at radius 1 is 1.17 bits per heavy atom. The van der Waals surface area contributed by atoms with Gasteiger partial charge in [-0.1, -0.05) is 0 Å². The number of likely N-dealkylation sites (tertiary alicyclic amines) is 1. The van der Waals surface area contributed by atoms with Crippen LogP contribution in [0.3, 0.4) is 0 Å². The van der Waals surface area contributed by atoms with Gasteiger partial charge in [-0.3, -0.25) is 5.73 Å². The molecular formula is C9H21N2S+. The predicted octanol–water partition coefficient (Wildman–Crippen LogP) is 1.22. The second-order valence-electron chi connectivity index (χ2n) is 3.83. The van der Waals surface area contributed by atoms with Crippen molar-refractivity contribution in [3.8, 4) is 0 Å². The lowest BCUT2D eigenvalue weighted by atomic mass is 10.3. The van der Waals surface area contributed by atoms with Crippen molar-refractivity contribution < 1.29 is 4.48 Å². The van der Waals surface area contributed by atoms with E-state index in [1.54, 1.807) is 0 Å². The topological polar surface area (TPSA) is 26.0 Å². The number of quaternary nitrogens is 1. The molecule has 1 aliphatic rings. The van der Waals surface area contributed by atoms with Crippen LogP contribution in [-0.2, 0) is 0 Å². The van der Waals surface area contributed by atoms with Crippen molar-refractivity contribution in [2.45, 2.75) is 25.7 Å². The van der Waals surface area contributed by atoms with E-state index in [2.05, 4.69) is 12.6 Å². The van der Waals surface area contributed by atoms with Crippen molar-refractivity contribution in [1.82, 2.24) is 0 Å². The fourth-order valence-corrected chi connectivity index (χ4v) is 2.29. The van der Waals surface area contributed by atoms with E-state index in [0.717, 1.165) is 12.4 Å². The molecular weight excluding hydrogens is 168 g/mol. The fraction of sp³-hybridized carbons (Fsp3) is 1.00. The summed E-state index contributed by atoms with van der Waals surface area (Å²) in [5, 5.41) is 0. The summed E-state index contributed by atoms with van der Waals surface area (Å²) < 4.78 is 1.17. The molecule has 0 spiro atoms. The van der Waals surface area contributed by atoms with Crippen LogP contribution in [0.5, 0.6) is 0 Å². The van der Waals surface area contributed by atoms with Crippen molar-refractivity contribution in [1.29, 1.82) is 0 Å². The maximum absolute atomic E-state index is 5.80. The van der Waals surface area contributed by atoms with Gasteiger partial charge in [0.1, 0.15) is 6.67 Å². The average Bonchev–Trinajstić information content (AvgIpc) is 2.55. The van der Waals surface area contributed by atoms with Gasteiger partial charge in [0, 0.05) is 12.8 Å². The first kappa shape index (κ1) is 10.4. The molecule has 0 aromatic rings. The Morgan fingerprint density at radius 3 is 2.33 bits per heavy atom. The minimum absolute atomic E-state index is 0.840. The maximum atomic E-state index is 5.80. The Balaban J connectivity index is 2.24. The monoisotopic (exact) mass is 189 g/mol. The van der Waals surface area contributed by atoms with E-state index in [-0.39, 0.29) is 0 Å². The van der Waals surface area contributed by atoms with Crippen molar-refractivity contribution in [3.63, 3.8) is 0 Å². The zero-order valence-corrected chi connectivity index (χ0v) is 8.73. The largest absolute Gasteiger partial charge is 0.311 e. The van der Waals surface area contributed by atoms with Crippen LogP contribution in [0.15, 0.2) is 0 Å². The normalized spacial score (nSPS) is 21.5. The molecule has 0 amide bonds. The van der Waals surface area contributed by atoms with Crippen LogP contribution in [0.4, 0.5) is 0 Å². The van der Waals surface area contributed by atoms with Crippen LogP contribution >= 0.6 is 12.6 Å². The van der Waals surface area contributed by atoms with Crippen LogP contribution in [0, 0.1) is 0 Å². The first-order valence-electron chi connectivity index (χ1n) is 4.99. The van der Waals surface area contributed by atoms with E-state index in [0.29, 0.717) is 0 Å². The van der Waals surface area contributed by atoms with Crippen molar-refractivity contribution in [3.05, 3.63) is 0 Å². The van der Waals surface area contributed by atoms with Crippen molar-refractivity contribution in [2.75, 3.05) is 32.1 Å². The highest BCUT2D eigenvalue weighted by atomic mass is 32.1. The van der Waals surface area contributed by atoms with Gasteiger partial charge >= 0.3 is 0 Å². The van der Waals surface area contributed by atoms with E-state index in [1.807, 2.05) is 0 Å². The van der Waals surface area contributed by atoms with Gasteiger partial charge in [0.25, 0.3) is 0 Å². The van der Waals surface area contributed by atoms with Crippen LogP contribution < -0.4 is 5.73 Å². The molecule has 0 atom stereocenters. The smallest absolute Gasteiger partial charge is 0.130 e. The molecule has 1 aliphatic heterocycles. The Morgan fingerprint density at radius 2 is 1.83 bits per heavy atom. The number of rotatable bonds is 5. The predicted molar refractivity (Wildman–Crippen MR) is 56.2 cm³/mol. The molecule has 3 heteroatoms. The Hall–Kier alpha value is 0.270. The van der Waals surface area contributed by atoms with Crippen LogP contribution in [0.2, 0.25) is 0 Å². The molecule has 2 nitrogen and oxygen atoms in total. The number of unbranched alkanes of at least 4 members (excludes halogenated alkanes) is 1. The van der Waals surface area contributed by atoms with E-state index in [4.69, 9.17) is 5.73 Å². The first-order valence-corrected chi connectivity index (χ1v) is 5.62. The minimum Gasteiger partial charge on any atom is -0.311 e. The maximum Gasteiger partial charge on any atom is 0.130 e. The number of thiol groups is 1. The molecule has 1 saturated heterocycles. The van der Waals surface area contributed by atoms with E-state index >= 15 is 0 Å². The van der Waals surface area contributed by atoms with E-state index in [1.165, 1.54) is 49.8 Å². The third-order valence-electron chi connectivity index (χ3n) is 2.94. The standard InChI is InChI=1S/C9H20N2S/c10-9-11(5-1-2-6-11)7-3-4-8-12/h1-10H2/p+1. The third kappa shape index (κ3) is 2.64. The summed E-state index contributed by atoms with van der Waals surface area (Å²) in [6.07, 6.45) is 5.28. The van der Waals surface area contributed by atoms with Crippen LogP contribution in [-0.4, -0.2) is 36.5 Å². The molecule has 0 radical (unpaired) electrons. The molecule has 1 rings (SSSR count). The Bertz CT molecular complexity index is 122. The lowest BCUT2D eigenvalue weighted by Gasteiger charge is -2.32. The quantitative estimate of drug-likeness (QED) is 0.380. The van der Waals surface area contributed by atoms with Gasteiger partial charge in [-0.25, -0.2) is 0 Å². The van der Waals surface area contributed by atoms with Crippen LogP contribution in [0.25, 0.3) is 0 Å². The Labute approximate surface area is 81.1 Å². The summed E-state index contributed by atoms with van der Waals surface area (Å²) in [6.45, 7) is 4.73. The summed E-state index contributed by atoms with van der Waals surface area (Å²) in [4.78, 5) is 0. The molecule has 12 heavy (non-hydrogen) atoms. The second-order valence-corrected chi connectivity index (χ2v) is 4.28. The van der Waals surface area contributed by atoms with Gasteiger partial charge in [0.15, 0.2) is 0 Å². The molecule has 1 fully saturated rings. The highest BCUT2D eigenvalue weighted by Gasteiger charge is 2.29. The summed E-state index contributed by atoms with van der Waals surface area (Å²) in [6, 6.07) is 0.